The van der Waals surface area contributed by atoms with Crippen LogP contribution in [0.25, 0.3) is 0 Å². The summed E-state index contributed by atoms with van der Waals surface area (Å²) in [6, 6.07) is 14.5. The average Bonchev–Trinajstić information content (AvgIpc) is 3.35. The van der Waals surface area contributed by atoms with Crippen LogP contribution in [0.5, 0.6) is 5.75 Å². The van der Waals surface area contributed by atoms with Crippen molar-refractivity contribution in [1.82, 2.24) is 10.6 Å². The summed E-state index contributed by atoms with van der Waals surface area (Å²) >= 11 is 1.45. The third-order valence-electron chi connectivity index (χ3n) is 4.20. The molecule has 4 amide bonds. The van der Waals surface area contributed by atoms with Gasteiger partial charge in [0, 0.05) is 4.88 Å². The highest BCUT2D eigenvalue weighted by Gasteiger charge is 2.17. The summed E-state index contributed by atoms with van der Waals surface area (Å²) in [5, 5.41) is 8.78. The van der Waals surface area contributed by atoms with E-state index in [0.717, 1.165) is 4.88 Å². The van der Waals surface area contributed by atoms with E-state index >= 15 is 0 Å². The third kappa shape index (κ3) is 7.41. The van der Waals surface area contributed by atoms with Gasteiger partial charge in [0.1, 0.15) is 17.1 Å². The van der Waals surface area contributed by atoms with Gasteiger partial charge >= 0.3 is 12.0 Å². The second-order valence-corrected chi connectivity index (χ2v) is 7.73. The van der Waals surface area contributed by atoms with E-state index in [0.29, 0.717) is 0 Å². The van der Waals surface area contributed by atoms with Gasteiger partial charge in [0.25, 0.3) is 11.8 Å². The standard InChI is InChI=1S/C23H20FN3O6S/c24-17-8-2-3-9-18(17)26-20(28)13-32-19-10-4-1-7-16(19)22(30)33-14-21(29)27-23(31)25-12-15-6-5-11-34-15/h1-11H,12-14H2,(H,26,28)(H2,25,27,29,31). The lowest BCUT2D eigenvalue weighted by atomic mass is 10.2. The maximum Gasteiger partial charge on any atom is 0.342 e. The molecule has 11 heteroatoms. The van der Waals surface area contributed by atoms with E-state index in [1.54, 1.807) is 18.2 Å². The molecule has 0 unspecified atom stereocenters. The lowest BCUT2D eigenvalue weighted by molar-refractivity contribution is -0.123. The number of thiophene rings is 1. The molecule has 0 aliphatic heterocycles. The van der Waals surface area contributed by atoms with Crippen LogP contribution >= 0.6 is 11.3 Å². The van der Waals surface area contributed by atoms with E-state index < -0.39 is 42.8 Å². The van der Waals surface area contributed by atoms with E-state index in [1.807, 2.05) is 17.5 Å². The molecule has 0 fully saturated rings. The first-order valence-corrected chi connectivity index (χ1v) is 10.8. The van der Waals surface area contributed by atoms with Crippen molar-refractivity contribution in [2.24, 2.45) is 0 Å². The van der Waals surface area contributed by atoms with Crippen LogP contribution in [-0.2, 0) is 20.9 Å². The predicted octanol–water partition coefficient (Wildman–Crippen LogP) is 3.09. The van der Waals surface area contributed by atoms with Gasteiger partial charge in [-0.15, -0.1) is 11.3 Å². The Morgan fingerprint density at radius 2 is 1.65 bits per heavy atom. The van der Waals surface area contributed by atoms with Gasteiger partial charge < -0.3 is 20.1 Å². The minimum absolute atomic E-state index is 0.00534. The van der Waals surface area contributed by atoms with Gasteiger partial charge in [0.2, 0.25) is 0 Å². The quantitative estimate of drug-likeness (QED) is 0.401. The second-order valence-electron chi connectivity index (χ2n) is 6.70. The SMILES string of the molecule is O=C(COC(=O)c1ccccc1OCC(=O)Nc1ccccc1F)NC(=O)NCc1cccs1. The number of carbonyl (C=O) groups excluding carboxylic acids is 4. The highest BCUT2D eigenvalue weighted by Crippen LogP contribution is 2.19. The Hall–Kier alpha value is -4.25. The lowest BCUT2D eigenvalue weighted by Crippen LogP contribution is -2.41. The molecular formula is C23H20FN3O6S. The van der Waals surface area contributed by atoms with Crippen molar-refractivity contribution in [3.8, 4) is 5.75 Å². The number of nitrogens with one attached hydrogen (secondary N) is 3. The summed E-state index contributed by atoms with van der Waals surface area (Å²) in [5.41, 5.74) is -0.0367. The fraction of sp³-hybridized carbons (Fsp3) is 0.130. The van der Waals surface area contributed by atoms with Crippen LogP contribution in [0.3, 0.4) is 0 Å². The second kappa shape index (κ2) is 12.1. The molecule has 0 saturated heterocycles. The Labute approximate surface area is 197 Å². The fourth-order valence-electron chi connectivity index (χ4n) is 2.65. The Kier molecular flexibility index (Phi) is 8.69. The molecule has 0 aliphatic carbocycles. The summed E-state index contributed by atoms with van der Waals surface area (Å²) in [5.74, 6) is -2.91. The Morgan fingerprint density at radius 3 is 2.41 bits per heavy atom. The monoisotopic (exact) mass is 485 g/mol. The summed E-state index contributed by atoms with van der Waals surface area (Å²) in [7, 11) is 0. The van der Waals surface area contributed by atoms with Gasteiger partial charge in [-0.1, -0.05) is 30.3 Å². The number of rotatable bonds is 9. The molecule has 0 radical (unpaired) electrons. The molecule has 2 aromatic carbocycles. The number of anilines is 1. The first kappa shape index (κ1) is 24.4. The van der Waals surface area contributed by atoms with Crippen molar-refractivity contribution >= 4 is 40.8 Å². The number of hydrogen-bond acceptors (Lipinski definition) is 7. The number of halogens is 1. The fourth-order valence-corrected chi connectivity index (χ4v) is 3.29. The van der Waals surface area contributed by atoms with Crippen molar-refractivity contribution < 1.29 is 33.0 Å². The van der Waals surface area contributed by atoms with Crippen LogP contribution in [0, 0.1) is 5.82 Å². The van der Waals surface area contributed by atoms with Gasteiger partial charge in [-0.25, -0.2) is 14.0 Å². The van der Waals surface area contributed by atoms with Crippen molar-refractivity contribution in [2.75, 3.05) is 18.5 Å². The van der Waals surface area contributed by atoms with Gasteiger partial charge in [-0.05, 0) is 35.7 Å². The predicted molar refractivity (Wildman–Crippen MR) is 122 cm³/mol. The average molecular weight is 485 g/mol. The molecule has 3 N–H and O–H groups in total. The Balaban J connectivity index is 1.46. The third-order valence-corrected chi connectivity index (χ3v) is 5.08. The number of para-hydroxylation sites is 2. The molecule has 1 aromatic heterocycles. The first-order valence-electron chi connectivity index (χ1n) is 9.96. The normalized spacial score (nSPS) is 10.1. The minimum Gasteiger partial charge on any atom is -0.483 e. The highest BCUT2D eigenvalue weighted by molar-refractivity contribution is 7.09. The topological polar surface area (TPSA) is 123 Å². The van der Waals surface area contributed by atoms with Crippen LogP contribution in [-0.4, -0.2) is 37.0 Å². The van der Waals surface area contributed by atoms with Gasteiger partial charge in [0.15, 0.2) is 13.2 Å². The van der Waals surface area contributed by atoms with Crippen LogP contribution in [0.4, 0.5) is 14.9 Å². The van der Waals surface area contributed by atoms with Crippen LogP contribution in [0.15, 0.2) is 66.0 Å². The van der Waals surface area contributed by atoms with Gasteiger partial charge in [-0.2, -0.15) is 0 Å². The zero-order valence-electron chi connectivity index (χ0n) is 17.7. The van der Waals surface area contributed by atoms with E-state index in [9.17, 15) is 23.6 Å². The lowest BCUT2D eigenvalue weighted by Gasteiger charge is -2.12. The number of esters is 1. The number of amides is 4. The molecule has 3 rings (SSSR count). The molecule has 3 aromatic rings. The number of urea groups is 1. The maximum atomic E-state index is 13.6. The van der Waals surface area contributed by atoms with Gasteiger partial charge in [-0.3, -0.25) is 14.9 Å². The molecular weight excluding hydrogens is 465 g/mol. The highest BCUT2D eigenvalue weighted by atomic mass is 32.1. The Bertz CT molecular complexity index is 1170. The summed E-state index contributed by atoms with van der Waals surface area (Å²) < 4.78 is 24.0. The first-order chi connectivity index (χ1) is 16.4. The summed E-state index contributed by atoms with van der Waals surface area (Å²) in [6.07, 6.45) is 0. The van der Waals surface area contributed by atoms with Crippen LogP contribution < -0.4 is 20.7 Å². The summed E-state index contributed by atoms with van der Waals surface area (Å²) in [4.78, 5) is 49.0. The molecule has 176 valence electrons. The largest absolute Gasteiger partial charge is 0.483 e. The molecule has 0 aliphatic rings. The van der Waals surface area contributed by atoms with E-state index in [2.05, 4.69) is 16.0 Å². The molecule has 1 heterocycles. The molecule has 0 spiro atoms. The number of ether oxygens (including phenoxy) is 2. The zero-order chi connectivity index (χ0) is 24.3. The maximum absolute atomic E-state index is 13.6. The van der Waals surface area contributed by atoms with E-state index in [-0.39, 0.29) is 23.5 Å². The van der Waals surface area contributed by atoms with Crippen molar-refractivity contribution in [1.29, 1.82) is 0 Å². The minimum atomic E-state index is -0.890. The molecule has 0 saturated carbocycles. The van der Waals surface area contributed by atoms with E-state index in [4.69, 9.17) is 9.47 Å². The molecule has 0 atom stereocenters. The van der Waals surface area contributed by atoms with Crippen molar-refractivity contribution in [3.63, 3.8) is 0 Å². The van der Waals surface area contributed by atoms with Gasteiger partial charge in [0.05, 0.1) is 12.2 Å². The molecule has 0 bridgehead atoms. The number of hydrogen-bond donors (Lipinski definition) is 3. The van der Waals surface area contributed by atoms with Crippen molar-refractivity contribution in [3.05, 3.63) is 82.3 Å². The number of benzene rings is 2. The summed E-state index contributed by atoms with van der Waals surface area (Å²) in [6.45, 7) is -0.942. The molecule has 9 nitrogen and oxygen atoms in total. The number of carbonyl (C=O) groups is 4. The Morgan fingerprint density at radius 1 is 0.882 bits per heavy atom. The smallest absolute Gasteiger partial charge is 0.342 e. The van der Waals surface area contributed by atoms with Crippen LogP contribution in [0.1, 0.15) is 15.2 Å². The van der Waals surface area contributed by atoms with Crippen molar-refractivity contribution in [2.45, 2.75) is 6.54 Å². The molecule has 34 heavy (non-hydrogen) atoms. The van der Waals surface area contributed by atoms with Crippen LogP contribution in [0.2, 0.25) is 0 Å². The zero-order valence-corrected chi connectivity index (χ0v) is 18.5. The number of imide groups is 1. The van der Waals surface area contributed by atoms with E-state index in [1.165, 1.54) is 41.7 Å².